The molecule has 0 saturated carbocycles. The number of nitro groups is 1. The highest BCUT2D eigenvalue weighted by Gasteiger charge is 2.15. The molecule has 1 rings (SSSR count). The lowest BCUT2D eigenvalue weighted by molar-refractivity contribution is -0.380. The van der Waals surface area contributed by atoms with Crippen LogP contribution in [0.25, 0.3) is 0 Å². The largest absolute Gasteiger partial charge is 0.324 e. The lowest BCUT2D eigenvalue weighted by Gasteiger charge is -2.01. The van der Waals surface area contributed by atoms with Crippen LogP contribution in [0.1, 0.15) is 10.9 Å². The van der Waals surface area contributed by atoms with Gasteiger partial charge in [0.1, 0.15) is 6.04 Å². The summed E-state index contributed by atoms with van der Waals surface area (Å²) in [4.78, 5) is 10.5. The van der Waals surface area contributed by atoms with Gasteiger partial charge >= 0.3 is 5.00 Å². The van der Waals surface area contributed by atoms with Crippen LogP contribution in [0.5, 0.6) is 0 Å². The molecule has 0 amide bonds. The van der Waals surface area contributed by atoms with E-state index in [2.05, 4.69) is 5.32 Å². The SMILES string of the molecule is CNC(C#N)c1ccc([N+](=O)[O-])s1. The Morgan fingerprint density at radius 3 is 2.85 bits per heavy atom. The van der Waals surface area contributed by atoms with Gasteiger partial charge in [-0.1, -0.05) is 11.3 Å². The summed E-state index contributed by atoms with van der Waals surface area (Å²) in [6.07, 6.45) is 0. The quantitative estimate of drug-likeness (QED) is 0.587. The minimum atomic E-state index is -0.460. The number of hydrogen-bond acceptors (Lipinski definition) is 5. The van der Waals surface area contributed by atoms with Crippen molar-refractivity contribution in [3.8, 4) is 6.07 Å². The van der Waals surface area contributed by atoms with Crippen molar-refractivity contribution in [1.29, 1.82) is 5.26 Å². The maximum Gasteiger partial charge on any atom is 0.324 e. The Balaban J connectivity index is 2.92. The Morgan fingerprint density at radius 2 is 2.46 bits per heavy atom. The van der Waals surface area contributed by atoms with Gasteiger partial charge in [0.2, 0.25) is 0 Å². The van der Waals surface area contributed by atoms with Gasteiger partial charge in [-0.05, 0) is 13.1 Å². The van der Waals surface area contributed by atoms with Gasteiger partial charge in [-0.25, -0.2) is 0 Å². The molecule has 1 N–H and O–H groups in total. The molecule has 13 heavy (non-hydrogen) atoms. The van der Waals surface area contributed by atoms with Gasteiger partial charge in [-0.15, -0.1) is 0 Å². The van der Waals surface area contributed by atoms with E-state index in [1.807, 2.05) is 6.07 Å². The minimum absolute atomic E-state index is 0.0606. The zero-order valence-corrected chi connectivity index (χ0v) is 7.67. The molecule has 0 saturated heterocycles. The molecule has 1 heterocycles. The Kier molecular flexibility index (Phi) is 2.95. The van der Waals surface area contributed by atoms with Crippen LogP contribution in [0.15, 0.2) is 12.1 Å². The second-order valence-corrected chi connectivity index (χ2v) is 3.38. The Bertz CT molecular complexity index is 355. The van der Waals surface area contributed by atoms with E-state index >= 15 is 0 Å². The van der Waals surface area contributed by atoms with Crippen molar-refractivity contribution in [3.63, 3.8) is 0 Å². The van der Waals surface area contributed by atoms with Crippen molar-refractivity contribution >= 4 is 16.3 Å². The predicted octanol–water partition coefficient (Wildman–Crippen LogP) is 1.44. The van der Waals surface area contributed by atoms with Crippen LogP contribution in [0.2, 0.25) is 0 Å². The summed E-state index contributed by atoms with van der Waals surface area (Å²) in [7, 11) is 1.64. The maximum atomic E-state index is 10.3. The molecule has 6 heteroatoms. The third kappa shape index (κ3) is 2.02. The van der Waals surface area contributed by atoms with Crippen LogP contribution in [-0.4, -0.2) is 12.0 Å². The van der Waals surface area contributed by atoms with Gasteiger partial charge in [0.05, 0.1) is 11.0 Å². The second kappa shape index (κ2) is 3.98. The molecule has 0 aliphatic rings. The zero-order chi connectivity index (χ0) is 9.84. The summed E-state index contributed by atoms with van der Waals surface area (Å²) in [5.74, 6) is 0. The molecule has 0 bridgehead atoms. The third-order valence-electron chi connectivity index (χ3n) is 1.49. The summed E-state index contributed by atoms with van der Waals surface area (Å²) in [5, 5.41) is 21.8. The number of nitriles is 1. The second-order valence-electron chi connectivity index (χ2n) is 2.28. The first-order chi connectivity index (χ1) is 6.19. The van der Waals surface area contributed by atoms with E-state index in [9.17, 15) is 10.1 Å². The van der Waals surface area contributed by atoms with Gasteiger partial charge in [-0.3, -0.25) is 10.1 Å². The Morgan fingerprint density at radius 1 is 1.77 bits per heavy atom. The Hall–Kier alpha value is -1.45. The number of rotatable bonds is 3. The van der Waals surface area contributed by atoms with Gasteiger partial charge in [0.15, 0.2) is 0 Å². The molecule has 0 aliphatic heterocycles. The topological polar surface area (TPSA) is 79.0 Å². The molecule has 0 aromatic carbocycles. The van der Waals surface area contributed by atoms with E-state index in [1.165, 1.54) is 6.07 Å². The van der Waals surface area contributed by atoms with E-state index in [0.29, 0.717) is 4.88 Å². The fourth-order valence-electron chi connectivity index (χ4n) is 0.866. The summed E-state index contributed by atoms with van der Waals surface area (Å²) in [5.41, 5.74) is 0. The highest BCUT2D eigenvalue weighted by Crippen LogP contribution is 2.28. The van der Waals surface area contributed by atoms with Crippen LogP contribution in [0, 0.1) is 21.4 Å². The first-order valence-corrected chi connectivity index (χ1v) is 4.31. The van der Waals surface area contributed by atoms with E-state index in [4.69, 9.17) is 5.26 Å². The molecule has 68 valence electrons. The lowest BCUT2D eigenvalue weighted by Crippen LogP contribution is -2.12. The number of nitrogens with one attached hydrogen (secondary N) is 1. The standard InChI is InChI=1S/C7H7N3O2S/c1-9-5(4-8)6-2-3-7(13-6)10(11)12/h2-3,5,9H,1H3. The van der Waals surface area contributed by atoms with E-state index in [0.717, 1.165) is 11.3 Å². The third-order valence-corrected chi connectivity index (χ3v) is 2.60. The van der Waals surface area contributed by atoms with Crippen molar-refractivity contribution in [2.75, 3.05) is 7.05 Å². The van der Waals surface area contributed by atoms with Crippen molar-refractivity contribution in [1.82, 2.24) is 5.32 Å². The molecular formula is C7H7N3O2S. The minimum Gasteiger partial charge on any atom is -0.301 e. The smallest absolute Gasteiger partial charge is 0.301 e. The fourth-order valence-corrected chi connectivity index (χ4v) is 1.74. The van der Waals surface area contributed by atoms with Crippen LogP contribution in [0.4, 0.5) is 5.00 Å². The Labute approximate surface area is 78.8 Å². The predicted molar refractivity (Wildman–Crippen MR) is 48.4 cm³/mol. The van der Waals surface area contributed by atoms with Gasteiger partial charge in [-0.2, -0.15) is 5.26 Å². The average molecular weight is 197 g/mol. The summed E-state index contributed by atoms with van der Waals surface area (Å²) in [6, 6.07) is 4.53. The summed E-state index contributed by atoms with van der Waals surface area (Å²) < 4.78 is 0. The first kappa shape index (κ1) is 9.64. The van der Waals surface area contributed by atoms with E-state index in [-0.39, 0.29) is 5.00 Å². The van der Waals surface area contributed by atoms with E-state index < -0.39 is 11.0 Å². The van der Waals surface area contributed by atoms with Gasteiger partial charge in [0.25, 0.3) is 0 Å². The zero-order valence-electron chi connectivity index (χ0n) is 6.85. The normalized spacial score (nSPS) is 12.0. The number of nitrogens with zero attached hydrogens (tertiary/aromatic N) is 2. The highest BCUT2D eigenvalue weighted by molar-refractivity contribution is 7.15. The highest BCUT2D eigenvalue weighted by atomic mass is 32.1. The first-order valence-electron chi connectivity index (χ1n) is 3.50. The van der Waals surface area contributed by atoms with Crippen molar-refractivity contribution in [2.45, 2.75) is 6.04 Å². The van der Waals surface area contributed by atoms with E-state index in [1.54, 1.807) is 13.1 Å². The van der Waals surface area contributed by atoms with Crippen molar-refractivity contribution < 1.29 is 4.92 Å². The van der Waals surface area contributed by atoms with Crippen LogP contribution in [-0.2, 0) is 0 Å². The number of thiophene rings is 1. The van der Waals surface area contributed by atoms with Gasteiger partial charge in [0, 0.05) is 10.9 Å². The van der Waals surface area contributed by atoms with Crippen LogP contribution >= 0.6 is 11.3 Å². The molecule has 0 fully saturated rings. The van der Waals surface area contributed by atoms with Crippen LogP contribution in [0.3, 0.4) is 0 Å². The van der Waals surface area contributed by atoms with Crippen LogP contribution < -0.4 is 5.32 Å². The summed E-state index contributed by atoms with van der Waals surface area (Å²) >= 11 is 1.01. The molecule has 0 radical (unpaired) electrons. The lowest BCUT2D eigenvalue weighted by atomic mass is 10.3. The van der Waals surface area contributed by atoms with Crippen molar-refractivity contribution in [2.24, 2.45) is 0 Å². The molecule has 1 atom stereocenters. The fraction of sp³-hybridized carbons (Fsp3) is 0.286. The molecular weight excluding hydrogens is 190 g/mol. The molecule has 1 aromatic heterocycles. The number of hydrogen-bond donors (Lipinski definition) is 1. The average Bonchev–Trinajstić information content (AvgIpc) is 2.56. The monoisotopic (exact) mass is 197 g/mol. The summed E-state index contributed by atoms with van der Waals surface area (Å²) in [6.45, 7) is 0. The van der Waals surface area contributed by atoms with Gasteiger partial charge < -0.3 is 5.32 Å². The molecule has 1 aromatic rings. The molecule has 1 unspecified atom stereocenters. The van der Waals surface area contributed by atoms with Crippen molar-refractivity contribution in [3.05, 3.63) is 27.1 Å². The molecule has 0 aliphatic carbocycles. The maximum absolute atomic E-state index is 10.3. The molecule has 5 nitrogen and oxygen atoms in total. The molecule has 0 spiro atoms.